The lowest BCUT2D eigenvalue weighted by Crippen LogP contribution is -2.50. The van der Waals surface area contributed by atoms with Crippen molar-refractivity contribution >= 4 is 16.0 Å². The molecule has 0 radical (unpaired) electrons. The standard InChI is InChI=1S/C15H22N2O4S/c1-11(2)16-6-8-17(9-7-16)22(20,21)14-10-13(15(18)19)5-4-12(14)3/h4-5,10-11H,6-9H2,1-3H3,(H,18,19). The summed E-state index contributed by atoms with van der Waals surface area (Å²) in [7, 11) is -3.65. The van der Waals surface area contributed by atoms with Gasteiger partial charge in [-0.05, 0) is 38.5 Å². The Kier molecular flexibility index (Phi) is 4.89. The third kappa shape index (κ3) is 3.31. The van der Waals surface area contributed by atoms with Crippen LogP contribution in [-0.2, 0) is 10.0 Å². The van der Waals surface area contributed by atoms with Crippen molar-refractivity contribution in [1.29, 1.82) is 0 Å². The Balaban J connectivity index is 2.28. The van der Waals surface area contributed by atoms with Crippen molar-refractivity contribution < 1.29 is 18.3 Å². The number of hydrogen-bond acceptors (Lipinski definition) is 4. The van der Waals surface area contributed by atoms with Crippen molar-refractivity contribution in [3.63, 3.8) is 0 Å². The molecule has 7 heteroatoms. The van der Waals surface area contributed by atoms with E-state index in [1.54, 1.807) is 13.0 Å². The lowest BCUT2D eigenvalue weighted by Gasteiger charge is -2.36. The molecule has 1 N–H and O–H groups in total. The summed E-state index contributed by atoms with van der Waals surface area (Å²) in [4.78, 5) is 13.4. The molecule has 1 heterocycles. The van der Waals surface area contributed by atoms with Gasteiger partial charge >= 0.3 is 5.97 Å². The van der Waals surface area contributed by atoms with Crippen molar-refractivity contribution in [1.82, 2.24) is 9.21 Å². The van der Waals surface area contributed by atoms with Crippen LogP contribution in [0.1, 0.15) is 29.8 Å². The van der Waals surface area contributed by atoms with Crippen LogP contribution in [0.2, 0.25) is 0 Å². The molecule has 0 aliphatic carbocycles. The summed E-state index contributed by atoms with van der Waals surface area (Å²) in [5.74, 6) is -1.12. The van der Waals surface area contributed by atoms with E-state index in [0.717, 1.165) is 0 Å². The van der Waals surface area contributed by atoms with Crippen LogP contribution in [0.3, 0.4) is 0 Å². The number of sulfonamides is 1. The van der Waals surface area contributed by atoms with Crippen LogP contribution in [0, 0.1) is 6.92 Å². The first-order valence-electron chi connectivity index (χ1n) is 7.31. The first-order valence-corrected chi connectivity index (χ1v) is 8.75. The van der Waals surface area contributed by atoms with Crippen LogP contribution in [0.4, 0.5) is 0 Å². The highest BCUT2D eigenvalue weighted by molar-refractivity contribution is 7.89. The van der Waals surface area contributed by atoms with Crippen LogP contribution >= 0.6 is 0 Å². The van der Waals surface area contributed by atoms with Gasteiger partial charge in [0.15, 0.2) is 0 Å². The molecular formula is C15H22N2O4S. The van der Waals surface area contributed by atoms with Gasteiger partial charge in [0.1, 0.15) is 0 Å². The number of rotatable bonds is 4. The van der Waals surface area contributed by atoms with Gasteiger partial charge < -0.3 is 5.11 Å². The Morgan fingerprint density at radius 2 is 1.77 bits per heavy atom. The van der Waals surface area contributed by atoms with E-state index in [1.165, 1.54) is 16.4 Å². The first-order chi connectivity index (χ1) is 10.2. The fourth-order valence-corrected chi connectivity index (χ4v) is 4.28. The van der Waals surface area contributed by atoms with Crippen LogP contribution in [0.25, 0.3) is 0 Å². The van der Waals surface area contributed by atoms with Crippen molar-refractivity contribution in [2.24, 2.45) is 0 Å². The SMILES string of the molecule is Cc1ccc(C(=O)O)cc1S(=O)(=O)N1CCN(C(C)C)CC1. The molecule has 0 aromatic heterocycles. The normalized spacial score (nSPS) is 17.8. The first kappa shape index (κ1) is 16.9. The second kappa shape index (κ2) is 6.36. The smallest absolute Gasteiger partial charge is 0.335 e. The summed E-state index contributed by atoms with van der Waals surface area (Å²) < 4.78 is 27.0. The average molecular weight is 326 g/mol. The van der Waals surface area contributed by atoms with Gasteiger partial charge in [0.05, 0.1) is 10.5 Å². The van der Waals surface area contributed by atoms with Gasteiger partial charge in [-0.1, -0.05) is 6.07 Å². The maximum atomic E-state index is 12.8. The molecule has 1 aliphatic rings. The molecule has 0 spiro atoms. The maximum Gasteiger partial charge on any atom is 0.335 e. The molecule has 22 heavy (non-hydrogen) atoms. The van der Waals surface area contributed by atoms with Crippen molar-refractivity contribution in [3.8, 4) is 0 Å². The molecule has 1 aromatic rings. The Bertz CT molecular complexity index is 662. The minimum absolute atomic E-state index is 0.00927. The molecule has 0 atom stereocenters. The summed E-state index contributed by atoms with van der Waals surface area (Å²) in [6.07, 6.45) is 0. The Morgan fingerprint density at radius 3 is 2.27 bits per heavy atom. The van der Waals surface area contributed by atoms with Gasteiger partial charge in [0.25, 0.3) is 0 Å². The zero-order chi connectivity index (χ0) is 16.5. The summed E-state index contributed by atoms with van der Waals surface area (Å²) in [5.41, 5.74) is 0.557. The van der Waals surface area contributed by atoms with E-state index in [4.69, 9.17) is 5.11 Å². The summed E-state index contributed by atoms with van der Waals surface area (Å²) in [6, 6.07) is 4.61. The molecule has 1 saturated heterocycles. The Hall–Kier alpha value is -1.44. The fourth-order valence-electron chi connectivity index (χ4n) is 2.61. The molecule has 0 unspecified atom stereocenters. The van der Waals surface area contributed by atoms with E-state index < -0.39 is 16.0 Å². The average Bonchev–Trinajstić information content (AvgIpc) is 2.47. The van der Waals surface area contributed by atoms with E-state index in [9.17, 15) is 13.2 Å². The highest BCUT2D eigenvalue weighted by Gasteiger charge is 2.30. The number of piperazine rings is 1. The fraction of sp³-hybridized carbons (Fsp3) is 0.533. The molecule has 1 aromatic carbocycles. The predicted molar refractivity (Wildman–Crippen MR) is 83.6 cm³/mol. The minimum Gasteiger partial charge on any atom is -0.478 e. The van der Waals surface area contributed by atoms with Crippen LogP contribution in [-0.4, -0.2) is 60.9 Å². The zero-order valence-electron chi connectivity index (χ0n) is 13.1. The number of benzene rings is 1. The molecule has 1 aliphatic heterocycles. The predicted octanol–water partition coefficient (Wildman–Crippen LogP) is 1.41. The van der Waals surface area contributed by atoms with E-state index >= 15 is 0 Å². The number of aryl methyl sites for hydroxylation is 1. The van der Waals surface area contributed by atoms with E-state index in [1.807, 2.05) is 0 Å². The number of nitrogens with zero attached hydrogens (tertiary/aromatic N) is 2. The van der Waals surface area contributed by atoms with Crippen LogP contribution in [0.5, 0.6) is 0 Å². The molecule has 1 fully saturated rings. The summed E-state index contributed by atoms with van der Waals surface area (Å²) >= 11 is 0. The molecule has 122 valence electrons. The zero-order valence-corrected chi connectivity index (χ0v) is 13.9. The minimum atomic E-state index is -3.65. The Labute approximate surface area is 131 Å². The number of carboxylic acids is 1. The molecule has 0 saturated carbocycles. The largest absolute Gasteiger partial charge is 0.478 e. The number of hydrogen-bond donors (Lipinski definition) is 1. The quantitative estimate of drug-likeness (QED) is 0.905. The second-order valence-electron chi connectivity index (χ2n) is 5.82. The van der Waals surface area contributed by atoms with Crippen molar-refractivity contribution in [3.05, 3.63) is 29.3 Å². The van der Waals surface area contributed by atoms with Gasteiger partial charge in [-0.25, -0.2) is 13.2 Å². The third-order valence-corrected chi connectivity index (χ3v) is 6.10. The highest BCUT2D eigenvalue weighted by atomic mass is 32.2. The number of carboxylic acid groups (broad SMARTS) is 1. The monoisotopic (exact) mass is 326 g/mol. The molecule has 0 bridgehead atoms. The molecule has 0 amide bonds. The van der Waals surface area contributed by atoms with Gasteiger partial charge in [-0.3, -0.25) is 4.90 Å². The topological polar surface area (TPSA) is 77.9 Å². The number of carbonyl (C=O) groups is 1. The number of aromatic carboxylic acids is 1. The van der Waals surface area contributed by atoms with E-state index in [-0.39, 0.29) is 10.5 Å². The molecule has 2 rings (SSSR count). The van der Waals surface area contributed by atoms with Gasteiger partial charge in [0, 0.05) is 32.2 Å². The molecular weight excluding hydrogens is 304 g/mol. The summed E-state index contributed by atoms with van der Waals surface area (Å²) in [5, 5.41) is 9.06. The maximum absolute atomic E-state index is 12.8. The van der Waals surface area contributed by atoms with E-state index in [0.29, 0.717) is 37.8 Å². The van der Waals surface area contributed by atoms with Gasteiger partial charge in [0.2, 0.25) is 10.0 Å². The highest BCUT2D eigenvalue weighted by Crippen LogP contribution is 2.23. The third-order valence-electron chi connectivity index (χ3n) is 4.06. The van der Waals surface area contributed by atoms with Crippen molar-refractivity contribution in [2.75, 3.05) is 26.2 Å². The summed E-state index contributed by atoms with van der Waals surface area (Å²) in [6.45, 7) is 8.09. The van der Waals surface area contributed by atoms with E-state index in [2.05, 4.69) is 18.7 Å². The van der Waals surface area contributed by atoms with Crippen LogP contribution in [0.15, 0.2) is 23.1 Å². The van der Waals surface area contributed by atoms with Crippen molar-refractivity contribution in [2.45, 2.75) is 31.7 Å². The molecule has 6 nitrogen and oxygen atoms in total. The lowest BCUT2D eigenvalue weighted by molar-refractivity contribution is 0.0696. The van der Waals surface area contributed by atoms with Gasteiger partial charge in [-0.15, -0.1) is 0 Å². The second-order valence-corrected chi connectivity index (χ2v) is 7.73. The van der Waals surface area contributed by atoms with Gasteiger partial charge in [-0.2, -0.15) is 4.31 Å². The Morgan fingerprint density at radius 1 is 1.18 bits per heavy atom. The van der Waals surface area contributed by atoms with Crippen LogP contribution < -0.4 is 0 Å². The lowest BCUT2D eigenvalue weighted by atomic mass is 10.1.